The van der Waals surface area contributed by atoms with Gasteiger partial charge in [-0.2, -0.15) is 10.2 Å². The van der Waals surface area contributed by atoms with Crippen molar-refractivity contribution in [1.29, 1.82) is 0 Å². The number of nitrogens with zero attached hydrogens (tertiary/aromatic N) is 6. The molecule has 0 aliphatic carbocycles. The Morgan fingerprint density at radius 1 is 1.19 bits per heavy atom. The number of hydrogen-bond acceptors (Lipinski definition) is 6. The number of rotatable bonds is 7. The van der Waals surface area contributed by atoms with E-state index in [9.17, 15) is 0 Å². The molecular weight excluding hydrogens is 426 g/mol. The minimum atomic E-state index is 0.0694. The van der Waals surface area contributed by atoms with Crippen molar-refractivity contribution >= 4 is 38.2 Å². The van der Waals surface area contributed by atoms with Gasteiger partial charge in [-0.15, -0.1) is 10.2 Å². The second-order valence-corrected chi connectivity index (χ2v) is 7.94. The summed E-state index contributed by atoms with van der Waals surface area (Å²) in [6, 6.07) is 12.3. The highest BCUT2D eigenvalue weighted by molar-refractivity contribution is 9.10. The lowest BCUT2D eigenvalue weighted by molar-refractivity contribution is 0.503. The van der Waals surface area contributed by atoms with Crippen molar-refractivity contribution in [3.8, 4) is 0 Å². The largest absolute Gasteiger partial charge is 0.313 e. The maximum Gasteiger partial charge on any atom is 0.211 e. The number of nitrogens with one attached hydrogen (secondary N) is 1. The Hall–Kier alpha value is -2.52. The molecule has 0 aliphatic rings. The molecule has 3 heterocycles. The molecule has 9 heteroatoms. The van der Waals surface area contributed by atoms with Crippen LogP contribution in [-0.4, -0.2) is 29.8 Å². The van der Waals surface area contributed by atoms with E-state index in [-0.39, 0.29) is 6.04 Å². The summed E-state index contributed by atoms with van der Waals surface area (Å²) in [6.45, 7) is 2.84. The summed E-state index contributed by atoms with van der Waals surface area (Å²) in [4.78, 5) is 0. The van der Waals surface area contributed by atoms with Gasteiger partial charge in [0.2, 0.25) is 5.13 Å². The molecule has 0 saturated carbocycles. The minimum Gasteiger partial charge on any atom is -0.313 e. The first-order chi connectivity index (χ1) is 13.2. The Kier molecular flexibility index (Phi) is 5.30. The van der Waals surface area contributed by atoms with Crippen LogP contribution in [0.3, 0.4) is 0 Å². The highest BCUT2D eigenvalue weighted by atomic mass is 79.9. The molecule has 1 aromatic carbocycles. The Bertz CT molecular complexity index is 1010. The summed E-state index contributed by atoms with van der Waals surface area (Å²) >= 11 is 4.96. The van der Waals surface area contributed by atoms with Gasteiger partial charge >= 0.3 is 0 Å². The van der Waals surface area contributed by atoms with Crippen molar-refractivity contribution < 1.29 is 0 Å². The van der Waals surface area contributed by atoms with Gasteiger partial charge in [0.05, 0.1) is 17.2 Å². The number of aromatic nitrogens is 6. The molecule has 0 fully saturated rings. The first-order valence-corrected chi connectivity index (χ1v) is 10.2. The van der Waals surface area contributed by atoms with Crippen LogP contribution in [0.5, 0.6) is 0 Å². The standard InChI is InChI=1S/C18H18BrN7S/c1-2-15(26-12-14(19)10-20-26)17-22-23-18(27-17)21-16-8-9-25(24-16)11-13-6-4-3-5-7-13/h3-10,12,15H,2,11H2,1H3,(H,21,23,24)/t15-/m1/s1. The van der Waals surface area contributed by atoms with E-state index in [1.165, 1.54) is 16.9 Å². The summed E-state index contributed by atoms with van der Waals surface area (Å²) in [7, 11) is 0. The quantitative estimate of drug-likeness (QED) is 0.455. The van der Waals surface area contributed by atoms with Crippen LogP contribution >= 0.6 is 27.3 Å². The Balaban J connectivity index is 1.45. The molecule has 0 aliphatic heterocycles. The van der Waals surface area contributed by atoms with Crippen LogP contribution in [0.15, 0.2) is 59.5 Å². The predicted molar refractivity (Wildman–Crippen MR) is 109 cm³/mol. The van der Waals surface area contributed by atoms with Crippen molar-refractivity contribution in [3.05, 3.63) is 70.0 Å². The van der Waals surface area contributed by atoms with Gasteiger partial charge in [0.25, 0.3) is 0 Å². The van der Waals surface area contributed by atoms with Gasteiger partial charge in [-0.1, -0.05) is 48.6 Å². The summed E-state index contributed by atoms with van der Waals surface area (Å²) in [5.74, 6) is 0.753. The molecule has 4 rings (SSSR count). The topological polar surface area (TPSA) is 73.5 Å². The third-order valence-corrected chi connectivity index (χ3v) is 5.41. The fourth-order valence-electron chi connectivity index (χ4n) is 2.78. The smallest absolute Gasteiger partial charge is 0.211 e. The van der Waals surface area contributed by atoms with E-state index in [4.69, 9.17) is 0 Å². The van der Waals surface area contributed by atoms with Crippen LogP contribution in [0.2, 0.25) is 0 Å². The predicted octanol–water partition coefficient (Wildman–Crippen LogP) is 4.48. The molecule has 0 saturated heterocycles. The molecule has 0 bridgehead atoms. The first kappa shape index (κ1) is 17.9. The van der Waals surface area contributed by atoms with Crippen LogP contribution in [0.1, 0.15) is 30.0 Å². The lowest BCUT2D eigenvalue weighted by Gasteiger charge is -2.11. The van der Waals surface area contributed by atoms with E-state index in [2.05, 4.69) is 60.7 Å². The van der Waals surface area contributed by atoms with Gasteiger partial charge in [0.15, 0.2) is 5.82 Å². The monoisotopic (exact) mass is 443 g/mol. The second kappa shape index (κ2) is 8.01. The number of benzene rings is 1. The number of hydrogen-bond donors (Lipinski definition) is 1. The van der Waals surface area contributed by atoms with E-state index in [0.29, 0.717) is 0 Å². The van der Waals surface area contributed by atoms with E-state index in [0.717, 1.165) is 33.4 Å². The average Bonchev–Trinajstić information content (AvgIpc) is 3.40. The summed E-state index contributed by atoms with van der Waals surface area (Å²) in [5, 5.41) is 22.4. The third-order valence-electron chi connectivity index (χ3n) is 4.06. The van der Waals surface area contributed by atoms with Gasteiger partial charge in [-0.25, -0.2) is 0 Å². The maximum atomic E-state index is 4.56. The van der Waals surface area contributed by atoms with Gasteiger partial charge in [0, 0.05) is 18.5 Å². The zero-order valence-electron chi connectivity index (χ0n) is 14.7. The van der Waals surface area contributed by atoms with Crippen LogP contribution < -0.4 is 5.32 Å². The Labute approximate surface area is 169 Å². The molecule has 0 amide bonds. The van der Waals surface area contributed by atoms with Crippen LogP contribution in [0.4, 0.5) is 10.9 Å². The molecule has 7 nitrogen and oxygen atoms in total. The van der Waals surface area contributed by atoms with Crippen molar-refractivity contribution in [2.24, 2.45) is 0 Å². The summed E-state index contributed by atoms with van der Waals surface area (Å²) in [6.07, 6.45) is 6.57. The van der Waals surface area contributed by atoms with E-state index >= 15 is 0 Å². The van der Waals surface area contributed by atoms with E-state index in [1.807, 2.05) is 46.0 Å². The van der Waals surface area contributed by atoms with Crippen LogP contribution in [0.25, 0.3) is 0 Å². The molecule has 4 aromatic rings. The summed E-state index contributed by atoms with van der Waals surface area (Å²) in [5.41, 5.74) is 1.21. The maximum absolute atomic E-state index is 4.56. The van der Waals surface area contributed by atoms with Crippen LogP contribution in [0, 0.1) is 0 Å². The molecule has 138 valence electrons. The fraction of sp³-hybridized carbons (Fsp3) is 0.222. The van der Waals surface area contributed by atoms with E-state index < -0.39 is 0 Å². The average molecular weight is 444 g/mol. The lowest BCUT2D eigenvalue weighted by Crippen LogP contribution is -2.09. The zero-order valence-corrected chi connectivity index (χ0v) is 17.1. The molecule has 0 spiro atoms. The zero-order chi connectivity index (χ0) is 18.6. The lowest BCUT2D eigenvalue weighted by atomic mass is 10.2. The van der Waals surface area contributed by atoms with Crippen molar-refractivity contribution in [2.45, 2.75) is 25.9 Å². The van der Waals surface area contributed by atoms with Crippen LogP contribution in [-0.2, 0) is 6.54 Å². The number of anilines is 2. The second-order valence-electron chi connectivity index (χ2n) is 6.02. The van der Waals surface area contributed by atoms with Gasteiger partial charge in [-0.3, -0.25) is 9.36 Å². The molecule has 0 radical (unpaired) electrons. The normalized spacial score (nSPS) is 12.2. The van der Waals surface area contributed by atoms with Gasteiger partial charge < -0.3 is 5.32 Å². The SMILES string of the molecule is CC[C@H](c1nnc(Nc2ccn(Cc3ccccc3)n2)s1)n1cc(Br)cn1. The Morgan fingerprint density at radius 3 is 2.78 bits per heavy atom. The molecule has 0 unspecified atom stereocenters. The van der Waals surface area contributed by atoms with Gasteiger partial charge in [-0.05, 0) is 27.9 Å². The van der Waals surface area contributed by atoms with Crippen molar-refractivity contribution in [3.63, 3.8) is 0 Å². The molecule has 3 aromatic heterocycles. The fourth-order valence-corrected chi connectivity index (χ4v) is 4.01. The Morgan fingerprint density at radius 2 is 2.04 bits per heavy atom. The minimum absolute atomic E-state index is 0.0694. The summed E-state index contributed by atoms with van der Waals surface area (Å²) < 4.78 is 4.76. The number of halogens is 1. The molecule has 1 atom stereocenters. The third kappa shape index (κ3) is 4.25. The molecule has 1 N–H and O–H groups in total. The van der Waals surface area contributed by atoms with Crippen molar-refractivity contribution in [2.75, 3.05) is 5.32 Å². The highest BCUT2D eigenvalue weighted by Gasteiger charge is 2.18. The molecular formula is C18H18BrN7S. The molecule has 27 heavy (non-hydrogen) atoms. The first-order valence-electron chi connectivity index (χ1n) is 8.58. The highest BCUT2D eigenvalue weighted by Crippen LogP contribution is 2.29. The van der Waals surface area contributed by atoms with E-state index in [1.54, 1.807) is 6.20 Å². The van der Waals surface area contributed by atoms with Gasteiger partial charge in [0.1, 0.15) is 11.0 Å². The van der Waals surface area contributed by atoms with Crippen molar-refractivity contribution in [1.82, 2.24) is 29.8 Å².